The monoisotopic (exact) mass is 303 g/mol. The van der Waals surface area contributed by atoms with Crippen molar-refractivity contribution in [1.29, 1.82) is 0 Å². The van der Waals surface area contributed by atoms with E-state index in [9.17, 15) is 4.79 Å². The molecule has 0 unspecified atom stereocenters. The van der Waals surface area contributed by atoms with Crippen LogP contribution in [0.15, 0.2) is 30.5 Å². The van der Waals surface area contributed by atoms with E-state index in [2.05, 4.69) is 23.3 Å². The molecule has 0 atom stereocenters. The van der Waals surface area contributed by atoms with Gasteiger partial charge in [0.1, 0.15) is 0 Å². The van der Waals surface area contributed by atoms with E-state index in [1.165, 1.54) is 9.88 Å². The topological polar surface area (TPSA) is 45.2 Å². The van der Waals surface area contributed by atoms with Crippen LogP contribution in [0.4, 0.5) is 5.69 Å². The third-order valence-electron chi connectivity index (χ3n) is 3.25. The average molecular weight is 303 g/mol. The Kier molecular flexibility index (Phi) is 5.33. The average Bonchev–Trinajstić information content (AvgIpc) is 2.93. The van der Waals surface area contributed by atoms with Crippen LogP contribution in [-0.2, 0) is 24.3 Å². The van der Waals surface area contributed by atoms with Crippen molar-refractivity contribution in [3.63, 3.8) is 0 Å². The highest BCUT2D eigenvalue weighted by Crippen LogP contribution is 2.17. The first-order valence-corrected chi connectivity index (χ1v) is 7.88. The van der Waals surface area contributed by atoms with Gasteiger partial charge in [-0.2, -0.15) is 0 Å². The van der Waals surface area contributed by atoms with Gasteiger partial charge in [0.25, 0.3) is 0 Å². The van der Waals surface area contributed by atoms with E-state index in [0.29, 0.717) is 6.54 Å². The summed E-state index contributed by atoms with van der Waals surface area (Å²) in [5, 5.41) is 4.58. The molecule has 1 heterocycles. The molecule has 0 spiro atoms. The summed E-state index contributed by atoms with van der Waals surface area (Å²) in [5.41, 5.74) is 2.19. The first-order valence-electron chi connectivity index (χ1n) is 7.06. The van der Waals surface area contributed by atoms with Crippen LogP contribution in [0.2, 0.25) is 0 Å². The minimum absolute atomic E-state index is 0.0742. The maximum Gasteiger partial charge on any atom is 0.219 e. The summed E-state index contributed by atoms with van der Waals surface area (Å²) in [5.74, 6) is 0.0742. The van der Waals surface area contributed by atoms with Crippen LogP contribution in [0.1, 0.15) is 29.3 Å². The van der Waals surface area contributed by atoms with Crippen LogP contribution in [0.25, 0.3) is 0 Å². The van der Waals surface area contributed by atoms with Crippen LogP contribution in [0.5, 0.6) is 0 Å². The fraction of sp³-hybridized carbons (Fsp3) is 0.375. The van der Waals surface area contributed by atoms with Gasteiger partial charge in [-0.05, 0) is 24.1 Å². The van der Waals surface area contributed by atoms with Crippen LogP contribution in [0.3, 0.4) is 0 Å². The van der Waals surface area contributed by atoms with Crippen LogP contribution < -0.4 is 5.32 Å². The Morgan fingerprint density at radius 1 is 1.43 bits per heavy atom. The van der Waals surface area contributed by atoms with E-state index in [1.54, 1.807) is 23.2 Å². The third kappa shape index (κ3) is 4.56. The quantitative estimate of drug-likeness (QED) is 0.890. The molecule has 1 amide bonds. The van der Waals surface area contributed by atoms with Crippen LogP contribution in [-0.4, -0.2) is 22.8 Å². The Morgan fingerprint density at radius 2 is 2.24 bits per heavy atom. The number of anilines is 1. The van der Waals surface area contributed by atoms with Crippen LogP contribution in [0, 0.1) is 0 Å². The van der Waals surface area contributed by atoms with E-state index in [0.717, 1.165) is 24.2 Å². The molecular formula is C16H21N3OS. The number of carbonyl (C=O) groups excluding carboxylic acids is 1. The van der Waals surface area contributed by atoms with Crippen molar-refractivity contribution in [3.05, 3.63) is 45.9 Å². The fourth-order valence-corrected chi connectivity index (χ4v) is 2.75. The molecule has 0 bridgehead atoms. The standard InChI is InChI=1S/C16H21N3OS/c1-4-16-18-10-15(21-16)9-17-14-7-5-6-13(8-14)11-19(3)12(2)20/h5-8,10,17H,4,9,11H2,1-3H3. The second kappa shape index (κ2) is 7.22. The number of thiazole rings is 1. The van der Waals surface area contributed by atoms with Gasteiger partial charge in [0.15, 0.2) is 0 Å². The highest BCUT2D eigenvalue weighted by molar-refractivity contribution is 7.11. The maximum atomic E-state index is 11.3. The molecule has 1 aromatic heterocycles. The van der Waals surface area contributed by atoms with Gasteiger partial charge >= 0.3 is 0 Å². The summed E-state index contributed by atoms with van der Waals surface area (Å²) in [6.45, 7) is 5.11. The molecule has 21 heavy (non-hydrogen) atoms. The SMILES string of the molecule is CCc1ncc(CNc2cccc(CN(C)C(C)=O)c2)s1. The smallest absolute Gasteiger partial charge is 0.219 e. The lowest BCUT2D eigenvalue weighted by atomic mass is 10.2. The van der Waals surface area contributed by atoms with E-state index in [-0.39, 0.29) is 5.91 Å². The number of nitrogens with zero attached hydrogens (tertiary/aromatic N) is 2. The molecule has 0 saturated heterocycles. The summed E-state index contributed by atoms with van der Waals surface area (Å²) in [6, 6.07) is 8.17. The fourth-order valence-electron chi connectivity index (χ4n) is 1.95. The maximum absolute atomic E-state index is 11.3. The molecule has 1 N–H and O–H groups in total. The van der Waals surface area contributed by atoms with Crippen molar-refractivity contribution in [2.24, 2.45) is 0 Å². The Hall–Kier alpha value is -1.88. The van der Waals surface area contributed by atoms with Gasteiger partial charge in [0.05, 0.1) is 11.6 Å². The van der Waals surface area contributed by atoms with E-state index < -0.39 is 0 Å². The molecule has 0 fully saturated rings. The summed E-state index contributed by atoms with van der Waals surface area (Å²) >= 11 is 1.74. The normalized spacial score (nSPS) is 10.4. The number of rotatable bonds is 6. The molecule has 0 aliphatic rings. The second-order valence-electron chi connectivity index (χ2n) is 5.00. The largest absolute Gasteiger partial charge is 0.380 e. The molecule has 5 heteroatoms. The number of hydrogen-bond donors (Lipinski definition) is 1. The van der Waals surface area contributed by atoms with E-state index >= 15 is 0 Å². The predicted molar refractivity (Wildman–Crippen MR) is 87.4 cm³/mol. The minimum atomic E-state index is 0.0742. The Bertz CT molecular complexity index is 609. The Balaban J connectivity index is 1.95. The highest BCUT2D eigenvalue weighted by atomic mass is 32.1. The molecule has 0 saturated carbocycles. The van der Waals surface area contributed by atoms with Gasteiger partial charge in [-0.25, -0.2) is 4.98 Å². The number of aryl methyl sites for hydroxylation is 1. The lowest BCUT2D eigenvalue weighted by Crippen LogP contribution is -2.22. The zero-order chi connectivity index (χ0) is 15.2. The third-order valence-corrected chi connectivity index (χ3v) is 4.40. The van der Waals surface area contributed by atoms with Gasteiger partial charge in [0, 0.05) is 37.3 Å². The predicted octanol–water partition coefficient (Wildman–Crippen LogP) is 3.30. The van der Waals surface area contributed by atoms with Gasteiger partial charge in [0.2, 0.25) is 5.91 Å². The lowest BCUT2D eigenvalue weighted by molar-refractivity contribution is -0.128. The van der Waals surface area contributed by atoms with Crippen LogP contribution >= 0.6 is 11.3 Å². The first kappa shape index (κ1) is 15.5. The zero-order valence-electron chi connectivity index (χ0n) is 12.7. The molecule has 112 valence electrons. The number of nitrogens with one attached hydrogen (secondary N) is 1. The number of carbonyl (C=O) groups is 1. The lowest BCUT2D eigenvalue weighted by Gasteiger charge is -2.15. The van der Waals surface area contributed by atoms with Gasteiger partial charge in [-0.1, -0.05) is 19.1 Å². The molecule has 0 radical (unpaired) electrons. The van der Waals surface area contributed by atoms with Gasteiger partial charge < -0.3 is 10.2 Å². The first-order chi connectivity index (χ1) is 10.1. The van der Waals surface area contributed by atoms with Crippen molar-refractivity contribution >= 4 is 22.9 Å². The van der Waals surface area contributed by atoms with Crippen molar-refractivity contribution in [1.82, 2.24) is 9.88 Å². The summed E-state index contributed by atoms with van der Waals surface area (Å²) in [7, 11) is 1.81. The molecule has 0 aliphatic heterocycles. The van der Waals surface area contributed by atoms with Gasteiger partial charge in [-0.3, -0.25) is 4.79 Å². The molecular weight excluding hydrogens is 282 g/mol. The molecule has 4 nitrogen and oxygen atoms in total. The summed E-state index contributed by atoms with van der Waals surface area (Å²) in [4.78, 5) is 18.6. The number of amides is 1. The Morgan fingerprint density at radius 3 is 2.90 bits per heavy atom. The molecule has 1 aromatic carbocycles. The zero-order valence-corrected chi connectivity index (χ0v) is 13.5. The van der Waals surface area contributed by atoms with E-state index in [1.807, 2.05) is 31.4 Å². The van der Waals surface area contributed by atoms with Gasteiger partial charge in [-0.15, -0.1) is 11.3 Å². The molecule has 2 rings (SSSR count). The summed E-state index contributed by atoms with van der Waals surface area (Å²) < 4.78 is 0. The van der Waals surface area contributed by atoms with Crippen molar-refractivity contribution in [2.75, 3.05) is 12.4 Å². The second-order valence-corrected chi connectivity index (χ2v) is 6.20. The minimum Gasteiger partial charge on any atom is -0.380 e. The highest BCUT2D eigenvalue weighted by Gasteiger charge is 2.04. The molecule has 0 aliphatic carbocycles. The van der Waals surface area contributed by atoms with Crippen molar-refractivity contribution in [3.8, 4) is 0 Å². The number of hydrogen-bond acceptors (Lipinski definition) is 4. The number of aromatic nitrogens is 1. The van der Waals surface area contributed by atoms with Crippen molar-refractivity contribution in [2.45, 2.75) is 33.4 Å². The Labute approximate surface area is 129 Å². The van der Waals surface area contributed by atoms with E-state index in [4.69, 9.17) is 0 Å². The summed E-state index contributed by atoms with van der Waals surface area (Å²) in [6.07, 6.45) is 2.92. The van der Waals surface area contributed by atoms with Crippen molar-refractivity contribution < 1.29 is 4.79 Å². The number of benzene rings is 1. The molecule has 2 aromatic rings.